The summed E-state index contributed by atoms with van der Waals surface area (Å²) < 4.78 is 10.2. The van der Waals surface area contributed by atoms with E-state index >= 15 is 0 Å². The van der Waals surface area contributed by atoms with Crippen LogP contribution in [0.25, 0.3) is 0 Å². The summed E-state index contributed by atoms with van der Waals surface area (Å²) in [5.74, 6) is -2.04. The van der Waals surface area contributed by atoms with Crippen molar-refractivity contribution < 1.29 is 29.0 Å². The molecule has 3 N–H and O–H groups in total. The highest BCUT2D eigenvalue weighted by atomic mass is 16.7. The number of unbranched alkanes of at least 4 members (excludes halogenated alkanes) is 1. The molecular formula is C20H29N3O6. The van der Waals surface area contributed by atoms with Gasteiger partial charge in [-0.25, -0.2) is 9.59 Å². The van der Waals surface area contributed by atoms with E-state index < -0.39 is 36.3 Å². The number of hydrogen-bond donors (Lipinski definition) is 3. The number of guanidine groups is 1. The zero-order chi connectivity index (χ0) is 21.8. The van der Waals surface area contributed by atoms with Gasteiger partial charge in [-0.3, -0.25) is 15.5 Å². The lowest BCUT2D eigenvalue weighted by Gasteiger charge is -2.27. The van der Waals surface area contributed by atoms with E-state index in [-0.39, 0.29) is 12.8 Å². The van der Waals surface area contributed by atoms with Crippen molar-refractivity contribution in [3.63, 3.8) is 0 Å². The van der Waals surface area contributed by atoms with E-state index in [0.717, 1.165) is 16.9 Å². The van der Waals surface area contributed by atoms with E-state index in [2.05, 4.69) is 5.32 Å². The Hall–Kier alpha value is -3.10. The van der Waals surface area contributed by atoms with Gasteiger partial charge in [-0.1, -0.05) is 57.0 Å². The summed E-state index contributed by atoms with van der Waals surface area (Å²) in [5.41, 5.74) is 0.770. The molecule has 9 heteroatoms. The van der Waals surface area contributed by atoms with Gasteiger partial charge >= 0.3 is 18.0 Å². The van der Waals surface area contributed by atoms with Gasteiger partial charge in [0.15, 0.2) is 0 Å². The van der Waals surface area contributed by atoms with Gasteiger partial charge in [0, 0.05) is 13.5 Å². The molecule has 1 rings (SSSR count). The van der Waals surface area contributed by atoms with Gasteiger partial charge in [0.2, 0.25) is 12.2 Å². The minimum atomic E-state index is -1.11. The predicted octanol–water partition coefficient (Wildman–Crippen LogP) is 2.74. The number of ether oxygens (including phenoxy) is 2. The van der Waals surface area contributed by atoms with Crippen LogP contribution < -0.4 is 5.32 Å². The fourth-order valence-electron chi connectivity index (χ4n) is 2.51. The van der Waals surface area contributed by atoms with Crippen molar-refractivity contribution >= 4 is 24.0 Å². The Kier molecular flexibility index (Phi) is 10.2. The van der Waals surface area contributed by atoms with Crippen LogP contribution in [0.1, 0.15) is 45.1 Å². The van der Waals surface area contributed by atoms with Gasteiger partial charge in [0.1, 0.15) is 6.04 Å². The topological polar surface area (TPSA) is 129 Å². The number of aliphatic carboxylic acids is 1. The number of hydrogen-bond acceptors (Lipinski definition) is 6. The molecule has 0 saturated carbocycles. The van der Waals surface area contributed by atoms with Gasteiger partial charge in [-0.2, -0.15) is 0 Å². The Labute approximate surface area is 170 Å². The van der Waals surface area contributed by atoms with Crippen molar-refractivity contribution in [1.82, 2.24) is 10.2 Å². The maximum Gasteiger partial charge on any atom is 0.417 e. The molecule has 1 aromatic carbocycles. The van der Waals surface area contributed by atoms with Gasteiger partial charge < -0.3 is 19.5 Å². The van der Waals surface area contributed by atoms with Gasteiger partial charge in [0.05, 0.1) is 6.42 Å². The van der Waals surface area contributed by atoms with Crippen molar-refractivity contribution in [3.8, 4) is 0 Å². The number of carbonyl (C=O) groups excluding carboxylic acids is 2. The fraction of sp³-hybridized carbons (Fsp3) is 0.500. The zero-order valence-electron chi connectivity index (χ0n) is 17.0. The Morgan fingerprint density at radius 3 is 2.38 bits per heavy atom. The highest BCUT2D eigenvalue weighted by molar-refractivity contribution is 5.94. The number of benzene rings is 1. The second kappa shape index (κ2) is 12.4. The molecule has 9 nitrogen and oxygen atoms in total. The Bertz CT molecular complexity index is 695. The quantitative estimate of drug-likeness (QED) is 0.235. The first kappa shape index (κ1) is 23.9. The highest BCUT2D eigenvalue weighted by Crippen LogP contribution is 2.09. The molecule has 0 saturated heterocycles. The molecule has 0 bridgehead atoms. The van der Waals surface area contributed by atoms with E-state index in [1.165, 1.54) is 7.05 Å². The van der Waals surface area contributed by atoms with Crippen LogP contribution in [0.15, 0.2) is 30.3 Å². The molecule has 29 heavy (non-hydrogen) atoms. The molecule has 2 atom stereocenters. The summed E-state index contributed by atoms with van der Waals surface area (Å²) in [6.45, 7) is 3.61. The van der Waals surface area contributed by atoms with Gasteiger partial charge in [-0.15, -0.1) is 0 Å². The third-order valence-electron chi connectivity index (χ3n) is 4.18. The Morgan fingerprint density at radius 1 is 1.17 bits per heavy atom. The van der Waals surface area contributed by atoms with Crippen molar-refractivity contribution in [2.45, 2.75) is 58.3 Å². The maximum atomic E-state index is 12.0. The maximum absolute atomic E-state index is 12.0. The predicted molar refractivity (Wildman–Crippen MR) is 106 cm³/mol. The lowest BCUT2D eigenvalue weighted by atomic mass is 10.1. The Balaban J connectivity index is 2.55. The molecule has 0 radical (unpaired) electrons. The monoisotopic (exact) mass is 407 g/mol. The number of likely N-dealkylation sites (N-methyl/N-ethyl adjacent to an activating group) is 1. The van der Waals surface area contributed by atoms with Crippen LogP contribution in [0.4, 0.5) is 4.79 Å². The Morgan fingerprint density at radius 2 is 1.83 bits per heavy atom. The third kappa shape index (κ3) is 8.63. The number of rotatable bonds is 10. The number of carbonyl (C=O) groups is 3. The molecule has 1 aromatic rings. The molecule has 2 unspecified atom stereocenters. The molecule has 0 spiro atoms. The van der Waals surface area contributed by atoms with E-state index in [1.807, 2.05) is 13.0 Å². The molecule has 0 aliphatic heterocycles. The van der Waals surface area contributed by atoms with Crippen LogP contribution in [-0.2, 0) is 25.5 Å². The summed E-state index contributed by atoms with van der Waals surface area (Å²) in [6.07, 6.45) is -0.0121. The van der Waals surface area contributed by atoms with E-state index in [9.17, 15) is 19.5 Å². The van der Waals surface area contributed by atoms with E-state index in [0.29, 0.717) is 12.8 Å². The van der Waals surface area contributed by atoms with Gasteiger partial charge in [-0.05, 0) is 12.0 Å². The first-order valence-electron chi connectivity index (χ1n) is 9.53. The standard InChI is InChI=1S/C20H29N3O6/c1-4-6-12-15(18(25)26)23(3)19(21)22-20(27)29-17(5-2)28-16(24)13-14-10-8-7-9-11-14/h7-11,15,17H,4-6,12-13H2,1-3H3,(H,25,26)(H2,21,22,27). The smallest absolute Gasteiger partial charge is 0.417 e. The average molecular weight is 407 g/mol. The van der Waals surface area contributed by atoms with Crippen LogP contribution in [0.5, 0.6) is 0 Å². The van der Waals surface area contributed by atoms with Crippen LogP contribution >= 0.6 is 0 Å². The first-order chi connectivity index (χ1) is 13.8. The largest absolute Gasteiger partial charge is 0.480 e. The average Bonchev–Trinajstić information content (AvgIpc) is 2.67. The summed E-state index contributed by atoms with van der Waals surface area (Å²) >= 11 is 0. The summed E-state index contributed by atoms with van der Waals surface area (Å²) in [7, 11) is 1.41. The van der Waals surface area contributed by atoms with Crippen LogP contribution in [0.2, 0.25) is 0 Å². The van der Waals surface area contributed by atoms with Crippen molar-refractivity contribution in [1.29, 1.82) is 5.41 Å². The van der Waals surface area contributed by atoms with Gasteiger partial charge in [0.25, 0.3) is 0 Å². The minimum Gasteiger partial charge on any atom is -0.480 e. The molecule has 0 aliphatic carbocycles. The molecule has 1 amide bonds. The summed E-state index contributed by atoms with van der Waals surface area (Å²) in [4.78, 5) is 36.6. The minimum absolute atomic E-state index is 0.0403. The number of alkyl carbamates (subject to hydrolysis) is 1. The summed E-state index contributed by atoms with van der Waals surface area (Å²) in [5, 5.41) is 19.4. The number of nitrogens with one attached hydrogen (secondary N) is 2. The second-order valence-corrected chi connectivity index (χ2v) is 6.48. The summed E-state index contributed by atoms with van der Waals surface area (Å²) in [6, 6.07) is 8.07. The lowest BCUT2D eigenvalue weighted by molar-refractivity contribution is -0.167. The molecule has 0 heterocycles. The molecule has 160 valence electrons. The van der Waals surface area contributed by atoms with Crippen LogP contribution in [-0.4, -0.2) is 53.4 Å². The fourth-order valence-corrected chi connectivity index (χ4v) is 2.51. The molecule has 0 aliphatic rings. The van der Waals surface area contributed by atoms with Crippen LogP contribution in [0.3, 0.4) is 0 Å². The van der Waals surface area contributed by atoms with E-state index in [1.54, 1.807) is 31.2 Å². The number of carboxylic acid groups (broad SMARTS) is 1. The van der Waals surface area contributed by atoms with Crippen molar-refractivity contribution in [2.24, 2.45) is 0 Å². The third-order valence-corrected chi connectivity index (χ3v) is 4.18. The number of amides is 1. The normalized spacial score (nSPS) is 12.4. The molecular weight excluding hydrogens is 378 g/mol. The second-order valence-electron chi connectivity index (χ2n) is 6.48. The highest BCUT2D eigenvalue weighted by Gasteiger charge is 2.26. The SMILES string of the molecule is CCCCC(C(=O)O)N(C)C(=N)NC(=O)OC(CC)OC(=O)Cc1ccccc1. The number of nitrogens with zero attached hydrogens (tertiary/aromatic N) is 1. The van der Waals surface area contributed by atoms with Crippen molar-refractivity contribution in [3.05, 3.63) is 35.9 Å². The number of esters is 1. The van der Waals surface area contributed by atoms with E-state index in [4.69, 9.17) is 14.9 Å². The molecule has 0 fully saturated rings. The van der Waals surface area contributed by atoms with Crippen molar-refractivity contribution in [2.75, 3.05) is 7.05 Å². The van der Waals surface area contributed by atoms with Crippen LogP contribution in [0, 0.1) is 5.41 Å². The first-order valence-corrected chi connectivity index (χ1v) is 9.53. The molecule has 0 aromatic heterocycles. The zero-order valence-corrected chi connectivity index (χ0v) is 17.0. The lowest BCUT2D eigenvalue weighted by Crippen LogP contribution is -2.50. The number of carboxylic acids is 1.